The molecule has 3 aromatic heterocycles. The summed E-state index contributed by atoms with van der Waals surface area (Å²) in [6, 6.07) is 10.7. The molecule has 2 amide bonds. The molecule has 4 rings (SSSR count). The highest BCUT2D eigenvalue weighted by molar-refractivity contribution is 7.14. The second kappa shape index (κ2) is 8.52. The van der Waals surface area contributed by atoms with Gasteiger partial charge in [-0.3, -0.25) is 20.0 Å². The Balaban J connectivity index is 1.47. The Morgan fingerprint density at radius 3 is 2.77 bits per heavy atom. The first-order valence-electron chi connectivity index (χ1n) is 8.89. The maximum absolute atomic E-state index is 12.7. The number of anilines is 1. The smallest absolute Gasteiger partial charge is 0.261 e. The number of aromatic nitrogens is 3. The summed E-state index contributed by atoms with van der Waals surface area (Å²) in [5, 5.41) is 15.1. The Kier molecular flexibility index (Phi) is 5.64. The van der Waals surface area contributed by atoms with Gasteiger partial charge in [0.25, 0.3) is 5.91 Å². The van der Waals surface area contributed by atoms with E-state index in [4.69, 9.17) is 16.0 Å². The molecule has 1 aromatic carbocycles. The van der Waals surface area contributed by atoms with Crippen molar-refractivity contribution in [1.29, 1.82) is 0 Å². The van der Waals surface area contributed by atoms with Crippen LogP contribution in [0.25, 0.3) is 22.7 Å². The topological polar surface area (TPSA) is 113 Å². The molecule has 0 aliphatic carbocycles. The Bertz CT molecular complexity index is 1200. The van der Waals surface area contributed by atoms with Crippen LogP contribution in [0.15, 0.2) is 52.4 Å². The van der Waals surface area contributed by atoms with Gasteiger partial charge >= 0.3 is 0 Å². The van der Waals surface area contributed by atoms with Crippen LogP contribution in [-0.2, 0) is 11.3 Å². The van der Waals surface area contributed by atoms with Crippen LogP contribution in [0.2, 0.25) is 5.02 Å². The lowest BCUT2D eigenvalue weighted by atomic mass is 10.1. The average Bonchev–Trinajstić information content (AvgIpc) is 3.47. The highest BCUT2D eigenvalue weighted by atomic mass is 35.5. The van der Waals surface area contributed by atoms with Gasteiger partial charge in [-0.05, 0) is 24.3 Å². The molecule has 0 atom stereocenters. The van der Waals surface area contributed by atoms with E-state index >= 15 is 0 Å². The van der Waals surface area contributed by atoms with Crippen molar-refractivity contribution >= 4 is 39.9 Å². The van der Waals surface area contributed by atoms with E-state index in [1.165, 1.54) is 24.5 Å². The molecule has 0 spiro atoms. The molecule has 3 heterocycles. The normalized spacial score (nSPS) is 10.7. The largest absolute Gasteiger partial charge is 0.458 e. The molecule has 8 nitrogen and oxygen atoms in total. The minimum Gasteiger partial charge on any atom is -0.458 e. The van der Waals surface area contributed by atoms with Crippen molar-refractivity contribution in [3.63, 3.8) is 0 Å². The third kappa shape index (κ3) is 4.42. The Labute approximate surface area is 180 Å². The SMILES string of the molecule is CC(=O)NCc1ccc(-c2csc(NC(=O)c3cn[nH]c3-c3ccc(Cl)cc3)n2)o1. The standard InChI is InChI=1S/C20H16ClN5O3S/c1-11(27)22-8-14-6-7-17(29-14)16-10-30-20(24-16)25-19(28)15-9-23-26-18(15)12-2-4-13(21)5-3-12/h2-7,9-10H,8H2,1H3,(H,22,27)(H,23,26)(H,24,25,28). The summed E-state index contributed by atoms with van der Waals surface area (Å²) in [5.41, 5.74) is 2.37. The molecule has 0 aliphatic heterocycles. The molecular formula is C20H16ClN5O3S. The van der Waals surface area contributed by atoms with Crippen LogP contribution in [0.4, 0.5) is 5.13 Å². The van der Waals surface area contributed by atoms with Crippen LogP contribution in [0, 0.1) is 0 Å². The number of carbonyl (C=O) groups is 2. The van der Waals surface area contributed by atoms with Crippen molar-refractivity contribution in [2.75, 3.05) is 5.32 Å². The highest BCUT2D eigenvalue weighted by Gasteiger charge is 2.17. The number of aromatic amines is 1. The second-order valence-electron chi connectivity index (χ2n) is 6.33. The quantitative estimate of drug-likeness (QED) is 0.412. The summed E-state index contributed by atoms with van der Waals surface area (Å²) < 4.78 is 5.69. The van der Waals surface area contributed by atoms with Gasteiger partial charge in [0, 0.05) is 22.9 Å². The van der Waals surface area contributed by atoms with E-state index in [0.29, 0.717) is 45.2 Å². The number of hydrogen-bond acceptors (Lipinski definition) is 6. The first-order chi connectivity index (χ1) is 14.5. The lowest BCUT2D eigenvalue weighted by Gasteiger charge is -2.03. The zero-order chi connectivity index (χ0) is 21.1. The summed E-state index contributed by atoms with van der Waals surface area (Å²) >= 11 is 7.21. The molecule has 0 radical (unpaired) electrons. The molecule has 0 bridgehead atoms. The van der Waals surface area contributed by atoms with Crippen molar-refractivity contribution < 1.29 is 14.0 Å². The second-order valence-corrected chi connectivity index (χ2v) is 7.63. The molecule has 4 aromatic rings. The monoisotopic (exact) mass is 441 g/mol. The Morgan fingerprint density at radius 1 is 1.20 bits per heavy atom. The van der Waals surface area contributed by atoms with E-state index in [9.17, 15) is 9.59 Å². The number of thiazole rings is 1. The van der Waals surface area contributed by atoms with Gasteiger partial charge in [-0.1, -0.05) is 23.7 Å². The fraction of sp³-hybridized carbons (Fsp3) is 0.100. The van der Waals surface area contributed by atoms with Crippen molar-refractivity contribution in [2.45, 2.75) is 13.5 Å². The fourth-order valence-electron chi connectivity index (χ4n) is 2.73. The zero-order valence-electron chi connectivity index (χ0n) is 15.7. The summed E-state index contributed by atoms with van der Waals surface area (Å²) in [6.45, 7) is 1.74. The number of halogens is 1. The Morgan fingerprint density at radius 2 is 2.00 bits per heavy atom. The molecule has 0 fully saturated rings. The number of benzene rings is 1. The summed E-state index contributed by atoms with van der Waals surface area (Å²) in [7, 11) is 0. The molecule has 152 valence electrons. The van der Waals surface area contributed by atoms with Crippen molar-refractivity contribution in [3.8, 4) is 22.7 Å². The summed E-state index contributed by atoms with van der Waals surface area (Å²) in [5.74, 6) is 0.700. The van der Waals surface area contributed by atoms with E-state index < -0.39 is 0 Å². The van der Waals surface area contributed by atoms with Crippen LogP contribution >= 0.6 is 22.9 Å². The first-order valence-corrected chi connectivity index (χ1v) is 10.1. The maximum atomic E-state index is 12.7. The number of furan rings is 1. The molecule has 0 aliphatic rings. The van der Waals surface area contributed by atoms with Crippen molar-refractivity contribution in [1.82, 2.24) is 20.5 Å². The minimum atomic E-state index is -0.333. The Hall–Kier alpha value is -3.43. The van der Waals surface area contributed by atoms with Gasteiger partial charge in [0.2, 0.25) is 5.91 Å². The maximum Gasteiger partial charge on any atom is 0.261 e. The van der Waals surface area contributed by atoms with Gasteiger partial charge in [-0.15, -0.1) is 11.3 Å². The van der Waals surface area contributed by atoms with Crippen LogP contribution in [0.5, 0.6) is 0 Å². The number of hydrogen-bond donors (Lipinski definition) is 3. The summed E-state index contributed by atoms with van der Waals surface area (Å²) in [4.78, 5) is 28.2. The fourth-order valence-corrected chi connectivity index (χ4v) is 3.55. The molecular weight excluding hydrogens is 426 g/mol. The molecule has 0 unspecified atom stereocenters. The highest BCUT2D eigenvalue weighted by Crippen LogP contribution is 2.28. The van der Waals surface area contributed by atoms with Crippen LogP contribution in [0.3, 0.4) is 0 Å². The van der Waals surface area contributed by atoms with Gasteiger partial charge in [0.05, 0.1) is 24.0 Å². The average molecular weight is 442 g/mol. The number of carbonyl (C=O) groups excluding carboxylic acids is 2. The number of rotatable bonds is 6. The van der Waals surface area contributed by atoms with E-state index in [2.05, 4.69) is 25.8 Å². The van der Waals surface area contributed by atoms with Crippen LogP contribution < -0.4 is 10.6 Å². The number of nitrogens with one attached hydrogen (secondary N) is 3. The predicted octanol–water partition coefficient (Wildman–Crippen LogP) is 4.34. The minimum absolute atomic E-state index is 0.135. The van der Waals surface area contributed by atoms with Gasteiger partial charge in [-0.2, -0.15) is 5.10 Å². The first kappa shape index (κ1) is 19.9. The number of nitrogens with zero attached hydrogens (tertiary/aromatic N) is 2. The lowest BCUT2D eigenvalue weighted by Crippen LogP contribution is -2.18. The third-order valence-electron chi connectivity index (χ3n) is 4.17. The molecule has 0 saturated heterocycles. The summed E-state index contributed by atoms with van der Waals surface area (Å²) in [6.07, 6.45) is 1.47. The zero-order valence-corrected chi connectivity index (χ0v) is 17.3. The predicted molar refractivity (Wildman–Crippen MR) is 114 cm³/mol. The van der Waals surface area contributed by atoms with E-state index in [1.54, 1.807) is 29.6 Å². The van der Waals surface area contributed by atoms with E-state index in [0.717, 1.165) is 5.56 Å². The third-order valence-corrected chi connectivity index (χ3v) is 5.18. The van der Waals surface area contributed by atoms with Gasteiger partial charge in [0.15, 0.2) is 10.9 Å². The van der Waals surface area contributed by atoms with Gasteiger partial charge in [0.1, 0.15) is 11.5 Å². The number of H-pyrrole nitrogens is 1. The van der Waals surface area contributed by atoms with Crippen molar-refractivity contribution in [3.05, 3.63) is 64.3 Å². The number of amides is 2. The molecule has 30 heavy (non-hydrogen) atoms. The van der Waals surface area contributed by atoms with Gasteiger partial charge < -0.3 is 9.73 Å². The van der Waals surface area contributed by atoms with E-state index in [-0.39, 0.29) is 11.8 Å². The molecule has 10 heteroatoms. The molecule has 0 saturated carbocycles. The van der Waals surface area contributed by atoms with Gasteiger partial charge in [-0.25, -0.2) is 4.98 Å². The van der Waals surface area contributed by atoms with Crippen LogP contribution in [0.1, 0.15) is 23.0 Å². The van der Waals surface area contributed by atoms with E-state index in [1.807, 2.05) is 12.1 Å². The van der Waals surface area contributed by atoms with Crippen molar-refractivity contribution in [2.24, 2.45) is 0 Å². The van der Waals surface area contributed by atoms with Crippen LogP contribution in [-0.4, -0.2) is 27.0 Å². The molecule has 3 N–H and O–H groups in total. The lowest BCUT2D eigenvalue weighted by molar-refractivity contribution is -0.119.